The standard InChI is InChI=1S/C15H15ClN2O4S/c1-2-22-12(20)8-7-11(19)17-18-15(21)14-13(16)9-5-3-4-6-10(9)23-14/h3-6H,2,7-8H2,1H3,(H,17,19)(H,18,21). The second-order valence-electron chi connectivity index (χ2n) is 4.55. The molecule has 1 aromatic heterocycles. The molecule has 0 aliphatic carbocycles. The van der Waals surface area contributed by atoms with Gasteiger partial charge >= 0.3 is 5.97 Å². The van der Waals surface area contributed by atoms with Crippen molar-refractivity contribution in [3.63, 3.8) is 0 Å². The molecule has 1 heterocycles. The quantitative estimate of drug-likeness (QED) is 0.638. The van der Waals surface area contributed by atoms with Crippen LogP contribution in [0.1, 0.15) is 29.4 Å². The van der Waals surface area contributed by atoms with Crippen molar-refractivity contribution in [3.05, 3.63) is 34.2 Å². The summed E-state index contributed by atoms with van der Waals surface area (Å²) in [6, 6.07) is 7.37. The maximum atomic E-state index is 12.1. The molecule has 23 heavy (non-hydrogen) atoms. The molecule has 1 aromatic carbocycles. The molecule has 122 valence electrons. The van der Waals surface area contributed by atoms with Crippen LogP contribution < -0.4 is 10.9 Å². The van der Waals surface area contributed by atoms with E-state index in [-0.39, 0.29) is 19.4 Å². The van der Waals surface area contributed by atoms with Crippen molar-refractivity contribution >= 4 is 50.8 Å². The Kier molecular flexibility index (Phi) is 5.95. The smallest absolute Gasteiger partial charge is 0.306 e. The number of fused-ring (bicyclic) bond motifs is 1. The first-order chi connectivity index (χ1) is 11.0. The van der Waals surface area contributed by atoms with Crippen LogP contribution in [0, 0.1) is 0 Å². The molecule has 2 N–H and O–H groups in total. The number of esters is 1. The van der Waals surface area contributed by atoms with Crippen molar-refractivity contribution < 1.29 is 19.1 Å². The lowest BCUT2D eigenvalue weighted by Gasteiger charge is -2.06. The Labute approximate surface area is 141 Å². The molecule has 0 fully saturated rings. The fourth-order valence-electron chi connectivity index (χ4n) is 1.85. The number of hydrogen-bond donors (Lipinski definition) is 2. The molecule has 0 saturated carbocycles. The van der Waals surface area contributed by atoms with Crippen LogP contribution in [0.5, 0.6) is 0 Å². The maximum Gasteiger partial charge on any atom is 0.306 e. The van der Waals surface area contributed by atoms with Gasteiger partial charge in [-0.3, -0.25) is 25.2 Å². The second-order valence-corrected chi connectivity index (χ2v) is 5.98. The van der Waals surface area contributed by atoms with Gasteiger partial charge in [-0.2, -0.15) is 0 Å². The molecule has 2 amide bonds. The third-order valence-electron chi connectivity index (χ3n) is 2.92. The van der Waals surface area contributed by atoms with Gasteiger partial charge in [-0.1, -0.05) is 29.8 Å². The van der Waals surface area contributed by atoms with Crippen molar-refractivity contribution in [1.29, 1.82) is 0 Å². The zero-order chi connectivity index (χ0) is 16.8. The predicted molar refractivity (Wildman–Crippen MR) is 88.3 cm³/mol. The van der Waals surface area contributed by atoms with E-state index >= 15 is 0 Å². The highest BCUT2D eigenvalue weighted by molar-refractivity contribution is 7.21. The summed E-state index contributed by atoms with van der Waals surface area (Å²) in [5, 5.41) is 1.14. The lowest BCUT2D eigenvalue weighted by Crippen LogP contribution is -2.41. The van der Waals surface area contributed by atoms with Gasteiger partial charge in [0.25, 0.3) is 5.91 Å². The average molecular weight is 355 g/mol. The van der Waals surface area contributed by atoms with Gasteiger partial charge in [-0.25, -0.2) is 0 Å². The number of thiophene rings is 1. The minimum Gasteiger partial charge on any atom is -0.466 e. The first kappa shape index (κ1) is 17.2. The number of hydrazine groups is 1. The summed E-state index contributed by atoms with van der Waals surface area (Å²) in [5.74, 6) is -1.44. The highest BCUT2D eigenvalue weighted by atomic mass is 35.5. The minimum atomic E-state index is -0.499. The lowest BCUT2D eigenvalue weighted by atomic mass is 10.2. The average Bonchev–Trinajstić information content (AvgIpc) is 2.88. The van der Waals surface area contributed by atoms with E-state index in [0.29, 0.717) is 9.90 Å². The van der Waals surface area contributed by atoms with E-state index in [4.69, 9.17) is 16.3 Å². The minimum absolute atomic E-state index is 0.0425. The molecule has 6 nitrogen and oxygen atoms in total. The van der Waals surface area contributed by atoms with E-state index in [0.717, 1.165) is 10.1 Å². The predicted octanol–water partition coefficient (Wildman–Crippen LogP) is 2.66. The number of halogens is 1. The van der Waals surface area contributed by atoms with E-state index in [1.54, 1.807) is 6.92 Å². The third-order valence-corrected chi connectivity index (χ3v) is 4.59. The molecule has 2 rings (SSSR count). The Morgan fingerprint density at radius 2 is 1.91 bits per heavy atom. The van der Waals surface area contributed by atoms with Crippen LogP contribution in [0.3, 0.4) is 0 Å². The normalized spacial score (nSPS) is 10.3. The van der Waals surface area contributed by atoms with Crippen molar-refractivity contribution in [2.24, 2.45) is 0 Å². The Morgan fingerprint density at radius 3 is 2.61 bits per heavy atom. The molecule has 0 bridgehead atoms. The Balaban J connectivity index is 1.90. The molecule has 0 aliphatic rings. The van der Waals surface area contributed by atoms with Crippen molar-refractivity contribution in [1.82, 2.24) is 10.9 Å². The van der Waals surface area contributed by atoms with Gasteiger partial charge < -0.3 is 4.74 Å². The highest BCUT2D eigenvalue weighted by Crippen LogP contribution is 2.34. The van der Waals surface area contributed by atoms with Crippen LogP contribution in [-0.2, 0) is 14.3 Å². The first-order valence-electron chi connectivity index (χ1n) is 6.94. The topological polar surface area (TPSA) is 84.5 Å². The lowest BCUT2D eigenvalue weighted by molar-refractivity contribution is -0.144. The Hall–Kier alpha value is -2.12. The molecule has 8 heteroatoms. The largest absolute Gasteiger partial charge is 0.466 e. The summed E-state index contributed by atoms with van der Waals surface area (Å²) in [4.78, 5) is 35.1. The van der Waals surface area contributed by atoms with E-state index in [2.05, 4.69) is 10.9 Å². The van der Waals surface area contributed by atoms with Crippen LogP contribution in [0.15, 0.2) is 24.3 Å². The molecule has 0 spiro atoms. The van der Waals surface area contributed by atoms with Gasteiger partial charge in [0.05, 0.1) is 18.1 Å². The number of amides is 2. The molecule has 0 atom stereocenters. The van der Waals surface area contributed by atoms with Crippen LogP contribution in [0.4, 0.5) is 0 Å². The maximum absolute atomic E-state index is 12.1. The third kappa shape index (κ3) is 4.43. The molecule has 0 aliphatic heterocycles. The van der Waals surface area contributed by atoms with E-state index in [1.807, 2.05) is 24.3 Å². The van der Waals surface area contributed by atoms with Crippen molar-refractivity contribution in [2.45, 2.75) is 19.8 Å². The van der Waals surface area contributed by atoms with Crippen LogP contribution in [0.25, 0.3) is 10.1 Å². The number of carbonyl (C=O) groups is 3. The van der Waals surface area contributed by atoms with Gasteiger partial charge in [-0.05, 0) is 13.0 Å². The number of ether oxygens (including phenoxy) is 1. The van der Waals surface area contributed by atoms with E-state index < -0.39 is 17.8 Å². The SMILES string of the molecule is CCOC(=O)CCC(=O)NNC(=O)c1sc2ccccc2c1Cl. The molecular formula is C15H15ClN2O4S. The second kappa shape index (κ2) is 7.94. The molecule has 0 radical (unpaired) electrons. The van der Waals surface area contributed by atoms with Gasteiger partial charge in [0.1, 0.15) is 4.88 Å². The number of benzene rings is 1. The molecular weight excluding hydrogens is 340 g/mol. The van der Waals surface area contributed by atoms with Crippen LogP contribution in [-0.4, -0.2) is 24.4 Å². The first-order valence-corrected chi connectivity index (χ1v) is 8.14. The van der Waals surface area contributed by atoms with Crippen LogP contribution >= 0.6 is 22.9 Å². The summed E-state index contributed by atoms with van der Waals surface area (Å²) in [7, 11) is 0. The zero-order valence-electron chi connectivity index (χ0n) is 12.3. The fourth-order valence-corrected chi connectivity index (χ4v) is 3.27. The zero-order valence-corrected chi connectivity index (χ0v) is 13.9. The number of carbonyl (C=O) groups excluding carboxylic acids is 3. The number of nitrogens with one attached hydrogen (secondary N) is 2. The van der Waals surface area contributed by atoms with E-state index in [1.165, 1.54) is 11.3 Å². The van der Waals surface area contributed by atoms with Crippen molar-refractivity contribution in [3.8, 4) is 0 Å². The number of rotatable bonds is 5. The molecule has 2 aromatic rings. The Bertz CT molecular complexity index is 744. The summed E-state index contributed by atoms with van der Waals surface area (Å²) in [6.45, 7) is 1.95. The summed E-state index contributed by atoms with van der Waals surface area (Å²) >= 11 is 7.42. The number of hydrogen-bond acceptors (Lipinski definition) is 5. The molecule has 0 unspecified atom stereocenters. The summed E-state index contributed by atoms with van der Waals surface area (Å²) < 4.78 is 5.60. The highest BCUT2D eigenvalue weighted by Gasteiger charge is 2.17. The summed E-state index contributed by atoms with van der Waals surface area (Å²) in [5.41, 5.74) is 4.54. The van der Waals surface area contributed by atoms with Gasteiger partial charge in [-0.15, -0.1) is 11.3 Å². The Morgan fingerprint density at radius 1 is 1.17 bits per heavy atom. The van der Waals surface area contributed by atoms with Crippen molar-refractivity contribution in [2.75, 3.05) is 6.61 Å². The molecule has 0 saturated heterocycles. The van der Waals surface area contributed by atoms with E-state index in [9.17, 15) is 14.4 Å². The van der Waals surface area contributed by atoms with Crippen LogP contribution in [0.2, 0.25) is 5.02 Å². The monoisotopic (exact) mass is 354 g/mol. The summed E-state index contributed by atoms with van der Waals surface area (Å²) in [6.07, 6.45) is -0.113. The fraction of sp³-hybridized carbons (Fsp3) is 0.267. The van der Waals surface area contributed by atoms with Gasteiger partial charge in [0.15, 0.2) is 0 Å². The van der Waals surface area contributed by atoms with Gasteiger partial charge in [0.2, 0.25) is 5.91 Å². The van der Waals surface area contributed by atoms with Gasteiger partial charge in [0, 0.05) is 16.5 Å².